The van der Waals surface area contributed by atoms with E-state index in [0.29, 0.717) is 5.41 Å². The third kappa shape index (κ3) is 4.87. The van der Waals surface area contributed by atoms with Crippen LogP contribution in [-0.4, -0.2) is 19.7 Å². The minimum atomic E-state index is 0.339. The molecule has 1 aromatic rings. The standard InChI is InChI=1S/C17H27NO/c1-17(2,3)13-18-10-11-19-16-9-8-14-6-4-5-7-15(14)12-16/h8-9,12,18H,4-7,10-11,13H2,1-3H3. The molecule has 0 aromatic heterocycles. The average molecular weight is 261 g/mol. The predicted octanol–water partition coefficient (Wildman–Crippen LogP) is 3.58. The average Bonchev–Trinajstić information content (AvgIpc) is 2.37. The van der Waals surface area contributed by atoms with E-state index in [9.17, 15) is 0 Å². The smallest absolute Gasteiger partial charge is 0.119 e. The van der Waals surface area contributed by atoms with Crippen molar-refractivity contribution in [3.8, 4) is 5.75 Å². The summed E-state index contributed by atoms with van der Waals surface area (Å²) in [6, 6.07) is 6.60. The Bertz CT molecular complexity index is 406. The Kier molecular flexibility index (Phi) is 4.87. The molecule has 0 saturated carbocycles. The van der Waals surface area contributed by atoms with Crippen molar-refractivity contribution >= 4 is 0 Å². The topological polar surface area (TPSA) is 21.3 Å². The second-order valence-electron chi connectivity index (χ2n) is 6.72. The number of hydrogen-bond acceptors (Lipinski definition) is 2. The van der Waals surface area contributed by atoms with E-state index in [2.05, 4.69) is 44.3 Å². The van der Waals surface area contributed by atoms with Crippen LogP contribution < -0.4 is 10.1 Å². The van der Waals surface area contributed by atoms with Crippen molar-refractivity contribution in [2.75, 3.05) is 19.7 Å². The van der Waals surface area contributed by atoms with Gasteiger partial charge in [0.05, 0.1) is 0 Å². The molecule has 19 heavy (non-hydrogen) atoms. The number of fused-ring (bicyclic) bond motifs is 1. The lowest BCUT2D eigenvalue weighted by Gasteiger charge is -2.19. The summed E-state index contributed by atoms with van der Waals surface area (Å²) in [6.45, 7) is 9.41. The van der Waals surface area contributed by atoms with E-state index >= 15 is 0 Å². The lowest BCUT2D eigenvalue weighted by molar-refractivity contribution is 0.297. The summed E-state index contributed by atoms with van der Waals surface area (Å²) in [6.07, 6.45) is 5.12. The maximum atomic E-state index is 5.82. The molecule has 0 aliphatic heterocycles. The predicted molar refractivity (Wildman–Crippen MR) is 80.9 cm³/mol. The largest absolute Gasteiger partial charge is 0.492 e. The third-order valence-corrected chi connectivity index (χ3v) is 3.52. The van der Waals surface area contributed by atoms with Crippen molar-refractivity contribution in [1.29, 1.82) is 0 Å². The van der Waals surface area contributed by atoms with E-state index in [1.165, 1.54) is 36.8 Å². The molecule has 1 aliphatic carbocycles. The number of hydrogen-bond donors (Lipinski definition) is 1. The molecule has 1 aromatic carbocycles. The Hall–Kier alpha value is -1.02. The Labute approximate surface area is 117 Å². The van der Waals surface area contributed by atoms with E-state index in [1.54, 1.807) is 0 Å². The van der Waals surface area contributed by atoms with Gasteiger partial charge in [0.25, 0.3) is 0 Å². The number of ether oxygens (including phenoxy) is 1. The molecule has 0 radical (unpaired) electrons. The second-order valence-corrected chi connectivity index (χ2v) is 6.72. The molecule has 0 amide bonds. The van der Waals surface area contributed by atoms with Crippen LogP contribution in [0, 0.1) is 5.41 Å². The molecular formula is C17H27NO. The van der Waals surface area contributed by atoms with Gasteiger partial charge in [-0.25, -0.2) is 0 Å². The van der Waals surface area contributed by atoms with E-state index in [-0.39, 0.29) is 0 Å². The molecule has 106 valence electrons. The Morgan fingerprint density at radius 1 is 1.11 bits per heavy atom. The summed E-state index contributed by atoms with van der Waals surface area (Å²) in [4.78, 5) is 0. The van der Waals surface area contributed by atoms with E-state index < -0.39 is 0 Å². The van der Waals surface area contributed by atoms with Crippen molar-refractivity contribution in [2.45, 2.75) is 46.5 Å². The van der Waals surface area contributed by atoms with Crippen molar-refractivity contribution < 1.29 is 4.74 Å². The first-order valence-electron chi connectivity index (χ1n) is 7.50. The summed E-state index contributed by atoms with van der Waals surface area (Å²) < 4.78 is 5.82. The van der Waals surface area contributed by atoms with Gasteiger partial charge < -0.3 is 10.1 Å². The van der Waals surface area contributed by atoms with Gasteiger partial charge in [0, 0.05) is 13.1 Å². The minimum Gasteiger partial charge on any atom is -0.492 e. The van der Waals surface area contributed by atoms with Gasteiger partial charge in [0.1, 0.15) is 12.4 Å². The highest BCUT2D eigenvalue weighted by Gasteiger charge is 2.10. The lowest BCUT2D eigenvalue weighted by atomic mass is 9.92. The van der Waals surface area contributed by atoms with Crippen molar-refractivity contribution in [2.24, 2.45) is 5.41 Å². The molecule has 0 saturated heterocycles. The normalized spacial score (nSPS) is 15.1. The molecule has 0 atom stereocenters. The monoisotopic (exact) mass is 261 g/mol. The van der Waals surface area contributed by atoms with E-state index in [0.717, 1.165) is 25.4 Å². The van der Waals surface area contributed by atoms with Crippen molar-refractivity contribution in [3.63, 3.8) is 0 Å². The molecule has 2 nitrogen and oxygen atoms in total. The van der Waals surface area contributed by atoms with Crippen LogP contribution in [0.2, 0.25) is 0 Å². The lowest BCUT2D eigenvalue weighted by Crippen LogP contribution is -2.30. The summed E-state index contributed by atoms with van der Waals surface area (Å²) >= 11 is 0. The first-order chi connectivity index (χ1) is 9.04. The van der Waals surface area contributed by atoms with Crippen LogP contribution in [0.4, 0.5) is 0 Å². The van der Waals surface area contributed by atoms with Crippen molar-refractivity contribution in [3.05, 3.63) is 29.3 Å². The number of benzene rings is 1. The van der Waals surface area contributed by atoms with Crippen LogP contribution in [0.5, 0.6) is 5.75 Å². The van der Waals surface area contributed by atoms with Crippen LogP contribution in [0.25, 0.3) is 0 Å². The van der Waals surface area contributed by atoms with Gasteiger partial charge in [0.15, 0.2) is 0 Å². The summed E-state index contributed by atoms with van der Waals surface area (Å²) in [5.41, 5.74) is 3.35. The zero-order chi connectivity index (χ0) is 13.7. The fourth-order valence-electron chi connectivity index (χ4n) is 2.50. The fraction of sp³-hybridized carbons (Fsp3) is 0.647. The number of aryl methyl sites for hydroxylation is 2. The number of nitrogens with one attached hydrogen (secondary N) is 1. The highest BCUT2D eigenvalue weighted by Crippen LogP contribution is 2.25. The summed E-state index contributed by atoms with van der Waals surface area (Å²) in [7, 11) is 0. The first kappa shape index (κ1) is 14.4. The Morgan fingerprint density at radius 2 is 1.84 bits per heavy atom. The van der Waals surface area contributed by atoms with Crippen LogP contribution in [-0.2, 0) is 12.8 Å². The zero-order valence-corrected chi connectivity index (χ0v) is 12.6. The highest BCUT2D eigenvalue weighted by molar-refractivity contribution is 5.37. The molecule has 0 bridgehead atoms. The first-order valence-corrected chi connectivity index (χ1v) is 7.50. The van der Waals surface area contributed by atoms with Gasteiger partial charge in [-0.3, -0.25) is 0 Å². The van der Waals surface area contributed by atoms with Gasteiger partial charge in [0.2, 0.25) is 0 Å². The van der Waals surface area contributed by atoms with E-state index in [4.69, 9.17) is 4.74 Å². The SMILES string of the molecule is CC(C)(C)CNCCOc1ccc2c(c1)CCCC2. The van der Waals surface area contributed by atoms with Crippen molar-refractivity contribution in [1.82, 2.24) is 5.32 Å². The highest BCUT2D eigenvalue weighted by atomic mass is 16.5. The van der Waals surface area contributed by atoms with Crippen LogP contribution >= 0.6 is 0 Å². The minimum absolute atomic E-state index is 0.339. The molecular weight excluding hydrogens is 234 g/mol. The maximum absolute atomic E-state index is 5.82. The third-order valence-electron chi connectivity index (χ3n) is 3.52. The molecule has 2 heteroatoms. The fourth-order valence-corrected chi connectivity index (χ4v) is 2.50. The molecule has 0 spiro atoms. The zero-order valence-electron chi connectivity index (χ0n) is 12.6. The maximum Gasteiger partial charge on any atom is 0.119 e. The quantitative estimate of drug-likeness (QED) is 0.818. The van der Waals surface area contributed by atoms with Crippen LogP contribution in [0.15, 0.2) is 18.2 Å². The van der Waals surface area contributed by atoms with Gasteiger partial charge >= 0.3 is 0 Å². The number of rotatable bonds is 5. The van der Waals surface area contributed by atoms with Crippen LogP contribution in [0.3, 0.4) is 0 Å². The molecule has 2 rings (SSSR count). The van der Waals surface area contributed by atoms with E-state index in [1.807, 2.05) is 0 Å². The van der Waals surface area contributed by atoms with Gasteiger partial charge in [-0.05, 0) is 54.4 Å². The van der Waals surface area contributed by atoms with Crippen LogP contribution in [0.1, 0.15) is 44.7 Å². The summed E-state index contributed by atoms with van der Waals surface area (Å²) in [5.74, 6) is 1.03. The van der Waals surface area contributed by atoms with Gasteiger partial charge in [-0.15, -0.1) is 0 Å². The molecule has 1 N–H and O–H groups in total. The molecule has 0 unspecified atom stereocenters. The molecule has 1 aliphatic rings. The molecule has 0 fully saturated rings. The Morgan fingerprint density at radius 3 is 2.58 bits per heavy atom. The van der Waals surface area contributed by atoms with Gasteiger partial charge in [-0.1, -0.05) is 26.8 Å². The summed E-state index contributed by atoms with van der Waals surface area (Å²) in [5, 5.41) is 3.43. The van der Waals surface area contributed by atoms with Gasteiger partial charge in [-0.2, -0.15) is 0 Å². The molecule has 0 heterocycles. The Balaban J connectivity index is 1.74. The second kappa shape index (κ2) is 6.42.